The second kappa shape index (κ2) is 9.29. The first-order chi connectivity index (χ1) is 11.5. The number of hydrogen-bond donors (Lipinski definition) is 2. The van der Waals surface area contributed by atoms with E-state index < -0.39 is 5.54 Å². The van der Waals surface area contributed by atoms with Crippen molar-refractivity contribution in [2.45, 2.75) is 43.5 Å². The molecular weight excluding hydrogens is 334 g/mol. The maximum atomic E-state index is 9.20. The first-order valence-corrected chi connectivity index (χ1v) is 9.95. The Balaban J connectivity index is 1.75. The number of hydrogen-bond acceptors (Lipinski definition) is 4. The average molecular weight is 360 g/mol. The lowest BCUT2D eigenvalue weighted by Gasteiger charge is -2.20. The number of thioether (sulfide) groups is 1. The van der Waals surface area contributed by atoms with E-state index in [1.165, 1.54) is 15.3 Å². The third kappa shape index (κ3) is 6.70. The molecule has 0 aliphatic rings. The standard InChI is InChI=1S/C20H25NOS2/c1-16-6-5-8-19(14-16)23-13-4-3-7-17-9-10-18(24-17)11-12-20(2,21)15-22/h5-6,8-10,14,22H,4,11-13,15,21H2,1-2H3. The SMILES string of the molecule is Cc1cccc(SCCC#Cc2ccc(CCC(C)(N)CO)s2)c1. The second-order valence-corrected chi connectivity index (χ2v) is 8.63. The molecule has 1 aromatic carbocycles. The van der Waals surface area contributed by atoms with E-state index in [2.05, 4.69) is 55.2 Å². The molecule has 1 heterocycles. The van der Waals surface area contributed by atoms with Gasteiger partial charge in [0.15, 0.2) is 0 Å². The van der Waals surface area contributed by atoms with Crippen molar-refractivity contribution in [2.75, 3.05) is 12.4 Å². The Labute approximate surface area is 153 Å². The normalized spacial score (nSPS) is 13.2. The zero-order chi connectivity index (χ0) is 17.4. The van der Waals surface area contributed by atoms with Crippen LogP contribution in [0, 0.1) is 18.8 Å². The van der Waals surface area contributed by atoms with Crippen molar-refractivity contribution < 1.29 is 5.11 Å². The summed E-state index contributed by atoms with van der Waals surface area (Å²) in [5.41, 5.74) is 6.77. The first-order valence-electron chi connectivity index (χ1n) is 8.15. The summed E-state index contributed by atoms with van der Waals surface area (Å²) in [4.78, 5) is 3.69. The molecule has 0 bridgehead atoms. The topological polar surface area (TPSA) is 46.2 Å². The van der Waals surface area contributed by atoms with Crippen molar-refractivity contribution in [3.05, 3.63) is 51.7 Å². The molecule has 0 saturated carbocycles. The van der Waals surface area contributed by atoms with Crippen LogP contribution in [0.5, 0.6) is 0 Å². The Hall–Kier alpha value is -1.25. The summed E-state index contributed by atoms with van der Waals surface area (Å²) < 4.78 is 0. The number of aryl methyl sites for hydroxylation is 2. The van der Waals surface area contributed by atoms with Gasteiger partial charge >= 0.3 is 0 Å². The molecule has 2 rings (SSSR count). The van der Waals surface area contributed by atoms with Gasteiger partial charge in [0.05, 0.1) is 11.5 Å². The quantitative estimate of drug-likeness (QED) is 0.442. The fraction of sp³-hybridized carbons (Fsp3) is 0.400. The first kappa shape index (κ1) is 19.1. The van der Waals surface area contributed by atoms with Crippen LogP contribution in [0.1, 0.15) is 35.1 Å². The highest BCUT2D eigenvalue weighted by Gasteiger charge is 2.16. The van der Waals surface area contributed by atoms with Crippen molar-refractivity contribution in [1.29, 1.82) is 0 Å². The number of benzene rings is 1. The van der Waals surface area contributed by atoms with E-state index in [1.807, 2.05) is 18.7 Å². The Kier molecular flexibility index (Phi) is 7.39. The van der Waals surface area contributed by atoms with Gasteiger partial charge in [-0.25, -0.2) is 0 Å². The van der Waals surface area contributed by atoms with Crippen LogP contribution in [0.4, 0.5) is 0 Å². The summed E-state index contributed by atoms with van der Waals surface area (Å²) in [6.45, 7) is 4.02. The lowest BCUT2D eigenvalue weighted by atomic mass is 9.98. The zero-order valence-electron chi connectivity index (χ0n) is 14.3. The minimum Gasteiger partial charge on any atom is -0.394 e. The van der Waals surface area contributed by atoms with Crippen LogP contribution in [0.25, 0.3) is 0 Å². The van der Waals surface area contributed by atoms with Crippen LogP contribution in [0.15, 0.2) is 41.3 Å². The van der Waals surface area contributed by atoms with Crippen molar-refractivity contribution in [1.82, 2.24) is 0 Å². The number of nitrogens with two attached hydrogens (primary N) is 1. The van der Waals surface area contributed by atoms with Gasteiger partial charge in [0.25, 0.3) is 0 Å². The highest BCUT2D eigenvalue weighted by molar-refractivity contribution is 7.99. The Morgan fingerprint density at radius 2 is 2.12 bits per heavy atom. The second-order valence-electron chi connectivity index (χ2n) is 6.29. The number of rotatable bonds is 7. The van der Waals surface area contributed by atoms with Crippen molar-refractivity contribution in [2.24, 2.45) is 5.73 Å². The molecule has 1 unspecified atom stereocenters. The van der Waals surface area contributed by atoms with E-state index in [1.54, 1.807) is 11.3 Å². The molecule has 128 valence electrons. The van der Waals surface area contributed by atoms with Gasteiger partial charge in [-0.05, 0) is 51.0 Å². The van der Waals surface area contributed by atoms with Crippen molar-refractivity contribution in [3.63, 3.8) is 0 Å². The van der Waals surface area contributed by atoms with Gasteiger partial charge in [0.2, 0.25) is 0 Å². The van der Waals surface area contributed by atoms with Gasteiger partial charge < -0.3 is 10.8 Å². The molecule has 4 heteroatoms. The Morgan fingerprint density at radius 3 is 2.88 bits per heavy atom. The van der Waals surface area contributed by atoms with Crippen molar-refractivity contribution in [3.8, 4) is 11.8 Å². The van der Waals surface area contributed by atoms with E-state index in [-0.39, 0.29) is 6.61 Å². The number of aliphatic hydroxyl groups is 1. The molecule has 2 aromatic rings. The van der Waals surface area contributed by atoms with E-state index in [0.717, 1.165) is 29.9 Å². The molecule has 1 aromatic heterocycles. The van der Waals surface area contributed by atoms with E-state index in [4.69, 9.17) is 5.73 Å². The van der Waals surface area contributed by atoms with Gasteiger partial charge in [-0.2, -0.15) is 0 Å². The highest BCUT2D eigenvalue weighted by atomic mass is 32.2. The lowest BCUT2D eigenvalue weighted by molar-refractivity contribution is 0.201. The smallest absolute Gasteiger partial charge is 0.0771 e. The van der Waals surface area contributed by atoms with Crippen LogP contribution in [0.3, 0.4) is 0 Å². The molecule has 2 nitrogen and oxygen atoms in total. The van der Waals surface area contributed by atoms with Crippen LogP contribution in [-0.2, 0) is 6.42 Å². The van der Waals surface area contributed by atoms with Gasteiger partial charge in [-0.15, -0.1) is 23.1 Å². The third-order valence-corrected chi connectivity index (χ3v) is 5.72. The predicted molar refractivity (Wildman–Crippen MR) is 106 cm³/mol. The molecular formula is C20H25NOS2. The molecule has 1 atom stereocenters. The zero-order valence-corrected chi connectivity index (χ0v) is 16.0. The van der Waals surface area contributed by atoms with Gasteiger partial charge in [0.1, 0.15) is 0 Å². The molecule has 0 spiro atoms. The average Bonchev–Trinajstić information content (AvgIpc) is 3.01. The summed E-state index contributed by atoms with van der Waals surface area (Å²) >= 11 is 3.57. The summed E-state index contributed by atoms with van der Waals surface area (Å²) in [6.07, 6.45) is 2.56. The summed E-state index contributed by atoms with van der Waals surface area (Å²) in [6, 6.07) is 12.8. The monoisotopic (exact) mass is 359 g/mol. The highest BCUT2D eigenvalue weighted by Crippen LogP contribution is 2.21. The minimum absolute atomic E-state index is 0.0175. The molecule has 0 amide bonds. The van der Waals surface area contributed by atoms with Gasteiger partial charge in [0, 0.05) is 27.5 Å². The number of aliphatic hydroxyl groups excluding tert-OH is 1. The molecule has 0 radical (unpaired) electrons. The van der Waals surface area contributed by atoms with E-state index >= 15 is 0 Å². The van der Waals surface area contributed by atoms with Crippen LogP contribution in [-0.4, -0.2) is 23.0 Å². The Bertz CT molecular complexity index is 710. The van der Waals surface area contributed by atoms with Crippen LogP contribution < -0.4 is 5.73 Å². The van der Waals surface area contributed by atoms with Crippen LogP contribution >= 0.6 is 23.1 Å². The van der Waals surface area contributed by atoms with E-state index in [9.17, 15) is 5.11 Å². The maximum Gasteiger partial charge on any atom is 0.0771 e. The fourth-order valence-corrected chi connectivity index (χ4v) is 3.91. The molecule has 0 fully saturated rings. The largest absolute Gasteiger partial charge is 0.394 e. The third-order valence-electron chi connectivity index (χ3n) is 3.66. The molecule has 0 aliphatic carbocycles. The summed E-state index contributed by atoms with van der Waals surface area (Å²) in [7, 11) is 0. The lowest BCUT2D eigenvalue weighted by Crippen LogP contribution is -2.40. The summed E-state index contributed by atoms with van der Waals surface area (Å²) in [5.74, 6) is 7.52. The molecule has 0 saturated heterocycles. The summed E-state index contributed by atoms with van der Waals surface area (Å²) in [5, 5.41) is 9.20. The fourth-order valence-electron chi connectivity index (χ4n) is 2.14. The predicted octanol–water partition coefficient (Wildman–Crippen LogP) is 4.23. The minimum atomic E-state index is -0.497. The van der Waals surface area contributed by atoms with Crippen LogP contribution in [0.2, 0.25) is 0 Å². The molecule has 3 N–H and O–H groups in total. The van der Waals surface area contributed by atoms with Crippen molar-refractivity contribution >= 4 is 23.1 Å². The van der Waals surface area contributed by atoms with Gasteiger partial charge in [-0.3, -0.25) is 0 Å². The molecule has 0 aliphatic heterocycles. The molecule has 24 heavy (non-hydrogen) atoms. The maximum absolute atomic E-state index is 9.20. The van der Waals surface area contributed by atoms with Gasteiger partial charge in [-0.1, -0.05) is 29.5 Å². The van der Waals surface area contributed by atoms with E-state index in [0.29, 0.717) is 0 Å². The Morgan fingerprint density at radius 1 is 1.29 bits per heavy atom. The number of thiophene rings is 1.